The van der Waals surface area contributed by atoms with Crippen molar-refractivity contribution in [2.75, 3.05) is 6.54 Å². The summed E-state index contributed by atoms with van der Waals surface area (Å²) in [6.07, 6.45) is 0.757. The first-order valence-electron chi connectivity index (χ1n) is 8.51. The van der Waals surface area contributed by atoms with Gasteiger partial charge in [-0.2, -0.15) is 0 Å². The molecule has 3 nitrogen and oxygen atoms in total. The van der Waals surface area contributed by atoms with Crippen LogP contribution in [0.1, 0.15) is 16.7 Å². The second-order valence-corrected chi connectivity index (χ2v) is 5.86. The van der Waals surface area contributed by atoms with Crippen LogP contribution in [0.5, 0.6) is 11.5 Å². The Morgan fingerprint density at radius 2 is 1.28 bits per heavy atom. The third-order valence-electron chi connectivity index (χ3n) is 3.93. The highest BCUT2D eigenvalue weighted by molar-refractivity contribution is 5.41. The van der Waals surface area contributed by atoms with Crippen LogP contribution in [0, 0.1) is 0 Å². The van der Waals surface area contributed by atoms with E-state index in [0.717, 1.165) is 34.6 Å². The number of rotatable bonds is 8. The molecule has 0 fully saturated rings. The molecule has 3 aromatic rings. The zero-order valence-electron chi connectivity index (χ0n) is 14.2. The third-order valence-corrected chi connectivity index (χ3v) is 3.93. The Morgan fingerprint density at radius 3 is 1.88 bits per heavy atom. The van der Waals surface area contributed by atoms with Crippen molar-refractivity contribution in [1.82, 2.24) is 0 Å². The highest BCUT2D eigenvalue weighted by atomic mass is 16.5. The maximum absolute atomic E-state index is 5.98. The molecule has 0 atom stereocenters. The molecular weight excluding hydrogens is 310 g/mol. The SMILES string of the molecule is NCCc1cc(OCc2ccccc2)ccc1OCc1ccccc1. The molecule has 3 rings (SSSR count). The van der Waals surface area contributed by atoms with Gasteiger partial charge in [-0.1, -0.05) is 60.7 Å². The van der Waals surface area contributed by atoms with Crippen molar-refractivity contribution in [3.8, 4) is 11.5 Å². The average molecular weight is 333 g/mol. The minimum Gasteiger partial charge on any atom is -0.489 e. The lowest BCUT2D eigenvalue weighted by Gasteiger charge is -2.14. The van der Waals surface area contributed by atoms with Crippen LogP contribution in [-0.4, -0.2) is 6.54 Å². The maximum Gasteiger partial charge on any atom is 0.123 e. The zero-order chi connectivity index (χ0) is 17.3. The molecule has 2 N–H and O–H groups in total. The summed E-state index contributed by atoms with van der Waals surface area (Å²) in [6.45, 7) is 1.67. The molecule has 3 aromatic carbocycles. The van der Waals surface area contributed by atoms with Crippen molar-refractivity contribution in [3.05, 3.63) is 95.6 Å². The summed E-state index contributed by atoms with van der Waals surface area (Å²) in [7, 11) is 0. The van der Waals surface area contributed by atoms with Crippen LogP contribution < -0.4 is 15.2 Å². The minimum atomic E-state index is 0.544. The number of hydrogen-bond acceptors (Lipinski definition) is 3. The fourth-order valence-electron chi connectivity index (χ4n) is 2.61. The molecule has 0 spiro atoms. The summed E-state index contributed by atoms with van der Waals surface area (Å²) in [6, 6.07) is 26.2. The Labute approximate surface area is 149 Å². The Kier molecular flexibility index (Phi) is 6.07. The quantitative estimate of drug-likeness (QED) is 0.667. The lowest BCUT2D eigenvalue weighted by atomic mass is 10.1. The van der Waals surface area contributed by atoms with Gasteiger partial charge in [0.2, 0.25) is 0 Å². The van der Waals surface area contributed by atoms with E-state index in [9.17, 15) is 0 Å². The van der Waals surface area contributed by atoms with Crippen molar-refractivity contribution in [3.63, 3.8) is 0 Å². The molecule has 0 unspecified atom stereocenters. The predicted octanol–water partition coefficient (Wildman–Crippen LogP) is 4.35. The standard InChI is InChI=1S/C22H23NO2/c23-14-13-20-15-21(24-16-18-7-3-1-4-8-18)11-12-22(20)25-17-19-9-5-2-6-10-19/h1-12,15H,13-14,16-17,23H2. The van der Waals surface area contributed by atoms with E-state index in [4.69, 9.17) is 15.2 Å². The monoisotopic (exact) mass is 333 g/mol. The van der Waals surface area contributed by atoms with Crippen LogP contribution in [-0.2, 0) is 19.6 Å². The third kappa shape index (κ3) is 5.10. The molecule has 0 aliphatic carbocycles. The van der Waals surface area contributed by atoms with Gasteiger partial charge in [-0.05, 0) is 47.9 Å². The smallest absolute Gasteiger partial charge is 0.123 e. The molecular formula is C22H23NO2. The fourth-order valence-corrected chi connectivity index (χ4v) is 2.61. The van der Waals surface area contributed by atoms with E-state index in [2.05, 4.69) is 24.3 Å². The summed E-state index contributed by atoms with van der Waals surface area (Å²) in [5, 5.41) is 0. The Bertz CT molecular complexity index is 773. The van der Waals surface area contributed by atoms with Gasteiger partial charge >= 0.3 is 0 Å². The molecule has 0 aliphatic rings. The summed E-state index contributed by atoms with van der Waals surface area (Å²) < 4.78 is 11.9. The van der Waals surface area contributed by atoms with Gasteiger partial charge < -0.3 is 15.2 Å². The molecule has 0 radical (unpaired) electrons. The predicted molar refractivity (Wildman–Crippen MR) is 101 cm³/mol. The molecule has 0 heterocycles. The van der Waals surface area contributed by atoms with E-state index in [1.54, 1.807) is 0 Å². The van der Waals surface area contributed by atoms with Crippen molar-refractivity contribution < 1.29 is 9.47 Å². The van der Waals surface area contributed by atoms with Gasteiger partial charge in [-0.15, -0.1) is 0 Å². The Morgan fingerprint density at radius 1 is 0.680 bits per heavy atom. The summed E-state index contributed by atoms with van der Waals surface area (Å²) in [5.74, 6) is 1.70. The van der Waals surface area contributed by atoms with Crippen molar-refractivity contribution in [1.29, 1.82) is 0 Å². The molecule has 0 amide bonds. The number of nitrogens with two attached hydrogens (primary N) is 1. The largest absolute Gasteiger partial charge is 0.489 e. The van der Waals surface area contributed by atoms with Gasteiger partial charge in [-0.3, -0.25) is 0 Å². The molecule has 3 heteroatoms. The summed E-state index contributed by atoms with van der Waals surface area (Å²) >= 11 is 0. The highest BCUT2D eigenvalue weighted by Crippen LogP contribution is 2.26. The average Bonchev–Trinajstić information content (AvgIpc) is 2.67. The first kappa shape index (κ1) is 17.1. The minimum absolute atomic E-state index is 0.544. The van der Waals surface area contributed by atoms with Crippen molar-refractivity contribution >= 4 is 0 Å². The van der Waals surface area contributed by atoms with Gasteiger partial charge in [-0.25, -0.2) is 0 Å². The van der Waals surface area contributed by atoms with Gasteiger partial charge in [0, 0.05) is 0 Å². The lowest BCUT2D eigenvalue weighted by Crippen LogP contribution is -2.06. The van der Waals surface area contributed by atoms with E-state index in [1.165, 1.54) is 0 Å². The Balaban J connectivity index is 1.67. The molecule has 0 saturated heterocycles. The maximum atomic E-state index is 5.98. The topological polar surface area (TPSA) is 44.5 Å². The van der Waals surface area contributed by atoms with Gasteiger partial charge in [0.25, 0.3) is 0 Å². The van der Waals surface area contributed by atoms with Gasteiger partial charge in [0.15, 0.2) is 0 Å². The molecule has 0 aliphatic heterocycles. The van der Waals surface area contributed by atoms with E-state index >= 15 is 0 Å². The van der Waals surface area contributed by atoms with E-state index in [0.29, 0.717) is 19.8 Å². The molecule has 0 saturated carbocycles. The Hall–Kier alpha value is -2.78. The molecule has 128 valence electrons. The van der Waals surface area contributed by atoms with Crippen LogP contribution in [0.2, 0.25) is 0 Å². The van der Waals surface area contributed by atoms with Crippen LogP contribution in [0.15, 0.2) is 78.9 Å². The van der Waals surface area contributed by atoms with Crippen LogP contribution in [0.3, 0.4) is 0 Å². The molecule has 0 bridgehead atoms. The second kappa shape index (κ2) is 8.90. The van der Waals surface area contributed by atoms with E-state index in [1.807, 2.05) is 54.6 Å². The second-order valence-electron chi connectivity index (χ2n) is 5.86. The van der Waals surface area contributed by atoms with Crippen molar-refractivity contribution in [2.24, 2.45) is 5.73 Å². The highest BCUT2D eigenvalue weighted by Gasteiger charge is 2.07. The van der Waals surface area contributed by atoms with E-state index in [-0.39, 0.29) is 0 Å². The fraction of sp³-hybridized carbons (Fsp3) is 0.182. The van der Waals surface area contributed by atoms with E-state index < -0.39 is 0 Å². The molecule has 0 aromatic heterocycles. The molecule has 25 heavy (non-hydrogen) atoms. The van der Waals surface area contributed by atoms with Gasteiger partial charge in [0.05, 0.1) is 0 Å². The number of benzene rings is 3. The summed E-state index contributed by atoms with van der Waals surface area (Å²) in [4.78, 5) is 0. The van der Waals surface area contributed by atoms with Crippen LogP contribution in [0.25, 0.3) is 0 Å². The first-order valence-corrected chi connectivity index (χ1v) is 8.51. The normalized spacial score (nSPS) is 10.4. The number of ether oxygens (including phenoxy) is 2. The first-order chi connectivity index (χ1) is 12.3. The van der Waals surface area contributed by atoms with Crippen molar-refractivity contribution in [2.45, 2.75) is 19.6 Å². The van der Waals surface area contributed by atoms with Gasteiger partial charge in [0.1, 0.15) is 24.7 Å². The van der Waals surface area contributed by atoms with Crippen LogP contribution in [0.4, 0.5) is 0 Å². The van der Waals surface area contributed by atoms with Crippen LogP contribution >= 0.6 is 0 Å². The lowest BCUT2D eigenvalue weighted by molar-refractivity contribution is 0.294. The zero-order valence-corrected chi connectivity index (χ0v) is 14.2. The summed E-state index contributed by atoms with van der Waals surface area (Å²) in [5.41, 5.74) is 9.12. The number of hydrogen-bond donors (Lipinski definition) is 1.